The third kappa shape index (κ3) is 5.15. The highest BCUT2D eigenvalue weighted by molar-refractivity contribution is 5.28. The predicted molar refractivity (Wildman–Crippen MR) is 90.2 cm³/mol. The summed E-state index contributed by atoms with van der Waals surface area (Å²) in [4.78, 5) is 0. The second-order valence-corrected chi connectivity index (χ2v) is 6.69. The van der Waals surface area contributed by atoms with Gasteiger partial charge in [-0.3, -0.25) is 0 Å². The average molecular weight is 348 g/mol. The second-order valence-electron chi connectivity index (χ2n) is 6.69. The van der Waals surface area contributed by atoms with Gasteiger partial charge in [-0.05, 0) is 19.8 Å². The zero-order valence-corrected chi connectivity index (χ0v) is 15.4. The van der Waals surface area contributed by atoms with E-state index in [2.05, 4.69) is 18.9 Å². The zero-order chi connectivity index (χ0) is 18.2. The molecular formula is C18H31F3N2O. The molecule has 0 radical (unpaired) electrons. The van der Waals surface area contributed by atoms with Crippen LogP contribution in [0.4, 0.5) is 13.2 Å². The third-order valence-electron chi connectivity index (χ3n) is 4.62. The maximum absolute atomic E-state index is 14.6. The van der Waals surface area contributed by atoms with Crippen LogP contribution in [0.2, 0.25) is 0 Å². The monoisotopic (exact) mass is 348 g/mol. The van der Waals surface area contributed by atoms with Crippen molar-refractivity contribution in [3.05, 3.63) is 11.6 Å². The Balaban J connectivity index is 3.01. The van der Waals surface area contributed by atoms with Crippen molar-refractivity contribution in [3.63, 3.8) is 0 Å². The number of alkyl halides is 2. The van der Waals surface area contributed by atoms with E-state index in [0.29, 0.717) is 6.42 Å². The van der Waals surface area contributed by atoms with Crippen molar-refractivity contribution >= 4 is 0 Å². The predicted octanol–water partition coefficient (Wildman–Crippen LogP) is 6.23. The lowest BCUT2D eigenvalue weighted by Crippen LogP contribution is -2.33. The van der Waals surface area contributed by atoms with Crippen LogP contribution in [0.5, 0.6) is 5.75 Å². The molecule has 0 bridgehead atoms. The Kier molecular flexibility index (Phi) is 8.63. The molecule has 0 aliphatic heterocycles. The molecule has 3 nitrogen and oxygen atoms in total. The zero-order valence-electron chi connectivity index (χ0n) is 15.4. The lowest BCUT2D eigenvalue weighted by atomic mass is 9.88. The number of rotatable bonds is 12. The highest BCUT2D eigenvalue weighted by Crippen LogP contribution is 2.37. The Hall–Kier alpha value is -1.20. The van der Waals surface area contributed by atoms with Gasteiger partial charge >= 0.3 is 0 Å². The quantitative estimate of drug-likeness (QED) is 0.418. The van der Waals surface area contributed by atoms with Crippen molar-refractivity contribution in [2.45, 2.75) is 90.5 Å². The molecule has 1 atom stereocenters. The fourth-order valence-corrected chi connectivity index (χ4v) is 3.09. The molecule has 1 aromatic heterocycles. The Morgan fingerprint density at radius 2 is 1.62 bits per heavy atom. The lowest BCUT2D eigenvalue weighted by molar-refractivity contribution is 0.137. The van der Waals surface area contributed by atoms with Gasteiger partial charge in [0.2, 0.25) is 5.75 Å². The molecule has 0 amide bonds. The Labute approximate surface area is 143 Å². The molecule has 0 fully saturated rings. The topological polar surface area (TPSA) is 27.1 Å². The van der Waals surface area contributed by atoms with Gasteiger partial charge in [0, 0.05) is 0 Å². The summed E-state index contributed by atoms with van der Waals surface area (Å²) in [5.74, 6) is -1.22. The van der Waals surface area contributed by atoms with Gasteiger partial charge < -0.3 is 4.74 Å². The summed E-state index contributed by atoms with van der Waals surface area (Å²) in [6.45, 7) is 6.13. The minimum Gasteiger partial charge on any atom is -0.490 e. The summed E-state index contributed by atoms with van der Waals surface area (Å²) < 4.78 is 46.9. The molecule has 1 unspecified atom stereocenters. The van der Waals surface area contributed by atoms with Crippen LogP contribution in [-0.4, -0.2) is 16.9 Å². The summed E-state index contributed by atoms with van der Waals surface area (Å²) in [7, 11) is 1.20. The third-order valence-corrected chi connectivity index (χ3v) is 4.62. The number of nitrogens with zero attached hydrogens (tertiary/aromatic N) is 2. The molecular weight excluding hydrogens is 317 g/mol. The highest BCUT2D eigenvalue weighted by Gasteiger charge is 2.34. The van der Waals surface area contributed by atoms with E-state index in [1.807, 2.05) is 6.92 Å². The van der Waals surface area contributed by atoms with Crippen molar-refractivity contribution in [3.8, 4) is 5.75 Å². The number of hydrogen-bond acceptors (Lipinski definition) is 2. The summed E-state index contributed by atoms with van der Waals surface area (Å²) >= 11 is 0. The normalized spacial score (nSPS) is 14.2. The minimum atomic E-state index is -2.85. The average Bonchev–Trinajstić information content (AvgIpc) is 2.90. The minimum absolute atomic E-state index is 0.432. The van der Waals surface area contributed by atoms with Crippen LogP contribution in [0.1, 0.15) is 90.7 Å². The van der Waals surface area contributed by atoms with E-state index >= 15 is 0 Å². The molecule has 0 saturated heterocycles. The van der Waals surface area contributed by atoms with E-state index in [0.717, 1.165) is 49.6 Å². The van der Waals surface area contributed by atoms with Gasteiger partial charge in [-0.25, -0.2) is 13.5 Å². The van der Waals surface area contributed by atoms with E-state index < -0.39 is 29.4 Å². The standard InChI is InChI=1S/C18H31F3N2O/c1-5-7-9-10-11-13-18(3,12-8-6-2)23-17(21)15(24-4)14(22-23)16(19)20/h16H,5-13H2,1-4H3. The molecule has 24 heavy (non-hydrogen) atoms. The summed E-state index contributed by atoms with van der Waals surface area (Å²) in [6.07, 6.45) is 5.95. The molecule has 0 aromatic carbocycles. The van der Waals surface area contributed by atoms with Gasteiger partial charge in [0.25, 0.3) is 12.4 Å². The number of hydrogen-bond donors (Lipinski definition) is 0. The van der Waals surface area contributed by atoms with Crippen LogP contribution >= 0.6 is 0 Å². The fraction of sp³-hybridized carbons (Fsp3) is 0.833. The van der Waals surface area contributed by atoms with Gasteiger partial charge in [-0.15, -0.1) is 0 Å². The molecule has 0 aliphatic rings. The molecule has 140 valence electrons. The molecule has 0 aliphatic carbocycles. The number of aromatic nitrogens is 2. The first-order valence-electron chi connectivity index (χ1n) is 9.02. The number of halogens is 3. The van der Waals surface area contributed by atoms with Crippen LogP contribution < -0.4 is 4.74 Å². The molecule has 1 rings (SSSR count). The van der Waals surface area contributed by atoms with E-state index in [1.54, 1.807) is 0 Å². The van der Waals surface area contributed by atoms with Crippen molar-refractivity contribution in [2.24, 2.45) is 0 Å². The largest absolute Gasteiger partial charge is 0.490 e. The molecule has 1 aromatic rings. The summed E-state index contributed by atoms with van der Waals surface area (Å²) in [6, 6.07) is 0. The number of methoxy groups -OCH3 is 1. The van der Waals surface area contributed by atoms with Crippen LogP contribution in [0.15, 0.2) is 0 Å². The number of unbranched alkanes of at least 4 members (excludes halogenated alkanes) is 5. The van der Waals surface area contributed by atoms with E-state index in [9.17, 15) is 13.2 Å². The van der Waals surface area contributed by atoms with E-state index in [-0.39, 0.29) is 0 Å². The van der Waals surface area contributed by atoms with Crippen molar-refractivity contribution in [1.82, 2.24) is 9.78 Å². The fourth-order valence-electron chi connectivity index (χ4n) is 3.09. The van der Waals surface area contributed by atoms with Crippen LogP contribution in [-0.2, 0) is 5.54 Å². The van der Waals surface area contributed by atoms with Gasteiger partial charge in [-0.2, -0.15) is 9.49 Å². The molecule has 0 saturated carbocycles. The van der Waals surface area contributed by atoms with Crippen LogP contribution in [0, 0.1) is 5.95 Å². The lowest BCUT2D eigenvalue weighted by Gasteiger charge is -2.30. The Morgan fingerprint density at radius 3 is 2.12 bits per heavy atom. The Bertz CT molecular complexity index is 491. The van der Waals surface area contributed by atoms with E-state index in [4.69, 9.17) is 4.74 Å². The summed E-state index contributed by atoms with van der Waals surface area (Å²) in [5, 5.41) is 3.89. The van der Waals surface area contributed by atoms with E-state index in [1.165, 1.54) is 13.5 Å². The molecule has 6 heteroatoms. The maximum Gasteiger partial charge on any atom is 0.285 e. The maximum atomic E-state index is 14.6. The van der Waals surface area contributed by atoms with Crippen LogP contribution in [0.3, 0.4) is 0 Å². The first-order chi connectivity index (χ1) is 11.4. The van der Waals surface area contributed by atoms with Gasteiger partial charge in [0.05, 0.1) is 12.6 Å². The van der Waals surface area contributed by atoms with Gasteiger partial charge in [-0.1, -0.05) is 58.8 Å². The van der Waals surface area contributed by atoms with Gasteiger partial charge in [0.15, 0.2) is 5.69 Å². The molecule has 1 heterocycles. The van der Waals surface area contributed by atoms with Crippen molar-refractivity contribution in [1.29, 1.82) is 0 Å². The van der Waals surface area contributed by atoms with Crippen molar-refractivity contribution < 1.29 is 17.9 Å². The van der Waals surface area contributed by atoms with Gasteiger partial charge in [0.1, 0.15) is 0 Å². The second kappa shape index (κ2) is 9.94. The summed E-state index contributed by atoms with van der Waals surface area (Å²) in [5.41, 5.74) is -1.21. The molecule has 0 spiro atoms. The van der Waals surface area contributed by atoms with Crippen molar-refractivity contribution in [2.75, 3.05) is 7.11 Å². The Morgan fingerprint density at radius 1 is 1.04 bits per heavy atom. The first-order valence-corrected chi connectivity index (χ1v) is 9.02. The number of ether oxygens (including phenoxy) is 1. The first kappa shape index (κ1) is 20.8. The highest BCUT2D eigenvalue weighted by atomic mass is 19.3. The SMILES string of the molecule is CCCCCCCC(C)(CCCC)n1nc(C(F)F)c(OC)c1F. The molecule has 0 N–H and O–H groups in total. The van der Waals surface area contributed by atoms with Crippen LogP contribution in [0.25, 0.3) is 0 Å². The smallest absolute Gasteiger partial charge is 0.285 e.